The number of hydrogen-bond acceptors (Lipinski definition) is 3. The molecule has 2 aliphatic rings. The fourth-order valence-electron chi connectivity index (χ4n) is 2.76. The topological polar surface area (TPSA) is 49.4 Å². The van der Waals surface area contributed by atoms with Gasteiger partial charge in [-0.1, -0.05) is 12.2 Å². The fraction of sp³-hybridized carbons (Fsp3) is 0.333. The molecule has 5 heteroatoms. The van der Waals surface area contributed by atoms with E-state index in [1.807, 2.05) is 12.2 Å². The Morgan fingerprint density at radius 3 is 2.15 bits per heavy atom. The zero-order chi connectivity index (χ0) is 14.1. The maximum atomic E-state index is 12.8. The maximum absolute atomic E-state index is 12.8. The van der Waals surface area contributed by atoms with Gasteiger partial charge in [-0.05, 0) is 37.1 Å². The number of rotatable bonds is 3. The van der Waals surface area contributed by atoms with Crippen molar-refractivity contribution in [3.8, 4) is 0 Å². The van der Waals surface area contributed by atoms with E-state index in [0.717, 1.165) is 0 Å². The summed E-state index contributed by atoms with van der Waals surface area (Å²) in [4.78, 5) is 25.7. The van der Waals surface area contributed by atoms with Gasteiger partial charge >= 0.3 is 0 Å². The van der Waals surface area contributed by atoms with Crippen LogP contribution in [0.3, 0.4) is 0 Å². The molecule has 1 aliphatic carbocycles. The van der Waals surface area contributed by atoms with Crippen molar-refractivity contribution in [3.63, 3.8) is 0 Å². The van der Waals surface area contributed by atoms with Crippen LogP contribution in [-0.2, 0) is 9.59 Å². The molecular weight excluding hydrogens is 259 g/mol. The highest BCUT2D eigenvalue weighted by Gasteiger charge is 2.46. The Bertz CT molecular complexity index is 542. The molecule has 0 unspecified atom stereocenters. The van der Waals surface area contributed by atoms with Crippen molar-refractivity contribution < 1.29 is 14.0 Å². The second kappa shape index (κ2) is 5.07. The monoisotopic (exact) mass is 274 g/mol. The summed E-state index contributed by atoms with van der Waals surface area (Å²) in [5.74, 6) is -0.955. The molecule has 3 rings (SSSR count). The van der Waals surface area contributed by atoms with Crippen LogP contribution in [0.1, 0.15) is 12.8 Å². The molecule has 2 atom stereocenters. The Labute approximate surface area is 116 Å². The molecule has 1 saturated heterocycles. The Kier molecular flexibility index (Phi) is 3.26. The number of carbonyl (C=O) groups is 2. The molecule has 0 aromatic heterocycles. The third kappa shape index (κ3) is 2.19. The molecule has 0 radical (unpaired) electrons. The number of nitrogens with zero attached hydrogens (tertiary/aromatic N) is 1. The number of imide groups is 1. The zero-order valence-corrected chi connectivity index (χ0v) is 10.9. The van der Waals surface area contributed by atoms with Crippen LogP contribution >= 0.6 is 0 Å². The number of allylic oxidation sites excluding steroid dienone is 2. The standard InChI is InChI=1S/C15H15FN2O2/c16-10-5-7-11(8-6-10)17-9-18-14(19)12-3-1-2-4-13(12)15(18)20/h1-2,5-8,12-13,17H,3-4,9H2/t12-,13-/m0/s1. The molecule has 0 bridgehead atoms. The molecule has 104 valence electrons. The lowest BCUT2D eigenvalue weighted by Crippen LogP contribution is -2.35. The summed E-state index contributed by atoms with van der Waals surface area (Å²) in [6, 6.07) is 5.82. The van der Waals surface area contributed by atoms with Gasteiger partial charge in [-0.25, -0.2) is 4.39 Å². The van der Waals surface area contributed by atoms with Crippen LogP contribution in [0, 0.1) is 17.7 Å². The minimum absolute atomic E-state index is 0.112. The second-order valence-electron chi connectivity index (χ2n) is 5.10. The number of benzene rings is 1. The third-order valence-electron chi connectivity index (χ3n) is 3.88. The second-order valence-corrected chi connectivity index (χ2v) is 5.10. The molecular formula is C15H15FN2O2. The third-order valence-corrected chi connectivity index (χ3v) is 3.88. The molecule has 20 heavy (non-hydrogen) atoms. The van der Waals surface area contributed by atoms with Gasteiger partial charge in [0.05, 0.1) is 18.5 Å². The first-order chi connectivity index (χ1) is 9.66. The highest BCUT2D eigenvalue weighted by atomic mass is 19.1. The van der Waals surface area contributed by atoms with E-state index < -0.39 is 0 Å². The van der Waals surface area contributed by atoms with Crippen molar-refractivity contribution in [1.82, 2.24) is 4.90 Å². The van der Waals surface area contributed by atoms with Crippen molar-refractivity contribution in [3.05, 3.63) is 42.2 Å². The first-order valence-electron chi connectivity index (χ1n) is 6.66. The normalized spacial score (nSPS) is 24.9. The van der Waals surface area contributed by atoms with E-state index in [9.17, 15) is 14.0 Å². The van der Waals surface area contributed by atoms with E-state index in [1.165, 1.54) is 17.0 Å². The molecule has 1 fully saturated rings. The first-order valence-corrected chi connectivity index (χ1v) is 6.66. The molecule has 1 aromatic rings. The minimum atomic E-state index is -0.319. The zero-order valence-electron chi connectivity index (χ0n) is 10.9. The Balaban J connectivity index is 1.67. The highest BCUT2D eigenvalue weighted by Crippen LogP contribution is 2.34. The van der Waals surface area contributed by atoms with Crippen molar-refractivity contribution in [2.24, 2.45) is 11.8 Å². The van der Waals surface area contributed by atoms with Gasteiger partial charge in [-0.2, -0.15) is 0 Å². The minimum Gasteiger partial charge on any atom is -0.367 e. The Morgan fingerprint density at radius 2 is 1.60 bits per heavy atom. The predicted octanol–water partition coefficient (Wildman–Crippen LogP) is 2.15. The van der Waals surface area contributed by atoms with Crippen molar-refractivity contribution in [2.75, 3.05) is 12.0 Å². The van der Waals surface area contributed by atoms with E-state index >= 15 is 0 Å². The average molecular weight is 274 g/mol. The SMILES string of the molecule is O=C1[C@H]2CC=CC[C@@H]2C(=O)N1CNc1ccc(F)cc1. The summed E-state index contributed by atoms with van der Waals surface area (Å²) in [5, 5.41) is 2.98. The lowest BCUT2D eigenvalue weighted by Gasteiger charge is -2.16. The molecule has 2 amide bonds. The lowest BCUT2D eigenvalue weighted by atomic mass is 9.85. The number of nitrogens with one attached hydrogen (secondary N) is 1. The Hall–Kier alpha value is -2.17. The van der Waals surface area contributed by atoms with Gasteiger partial charge in [0.15, 0.2) is 0 Å². The van der Waals surface area contributed by atoms with Crippen molar-refractivity contribution in [2.45, 2.75) is 12.8 Å². The summed E-state index contributed by atoms with van der Waals surface area (Å²) in [6.45, 7) is 0.135. The summed E-state index contributed by atoms with van der Waals surface area (Å²) in [7, 11) is 0. The van der Waals surface area contributed by atoms with Crippen molar-refractivity contribution in [1.29, 1.82) is 0 Å². The summed E-state index contributed by atoms with van der Waals surface area (Å²) >= 11 is 0. The van der Waals surface area contributed by atoms with Crippen LogP contribution in [0.25, 0.3) is 0 Å². The van der Waals surface area contributed by atoms with Crippen molar-refractivity contribution >= 4 is 17.5 Å². The van der Waals surface area contributed by atoms with Gasteiger partial charge in [0.25, 0.3) is 0 Å². The van der Waals surface area contributed by atoms with E-state index in [-0.39, 0.29) is 36.1 Å². The maximum Gasteiger partial charge on any atom is 0.234 e. The number of halogens is 1. The van der Waals surface area contributed by atoms with Crippen LogP contribution in [0.2, 0.25) is 0 Å². The smallest absolute Gasteiger partial charge is 0.234 e. The van der Waals surface area contributed by atoms with E-state index in [0.29, 0.717) is 18.5 Å². The van der Waals surface area contributed by atoms with E-state index in [4.69, 9.17) is 0 Å². The lowest BCUT2D eigenvalue weighted by molar-refractivity contribution is -0.139. The number of likely N-dealkylation sites (tertiary alicyclic amines) is 1. The van der Waals surface area contributed by atoms with Gasteiger partial charge in [-0.15, -0.1) is 0 Å². The van der Waals surface area contributed by atoms with Gasteiger partial charge in [-0.3, -0.25) is 14.5 Å². The average Bonchev–Trinajstić information content (AvgIpc) is 2.71. The quantitative estimate of drug-likeness (QED) is 0.678. The number of fused-ring (bicyclic) bond motifs is 1. The molecule has 0 spiro atoms. The van der Waals surface area contributed by atoms with Gasteiger partial charge in [0.2, 0.25) is 11.8 Å². The van der Waals surface area contributed by atoms with Crippen LogP contribution < -0.4 is 5.32 Å². The van der Waals surface area contributed by atoms with Gasteiger partial charge in [0, 0.05) is 5.69 Å². The molecule has 1 heterocycles. The number of carbonyl (C=O) groups excluding carboxylic acids is 2. The van der Waals surface area contributed by atoms with E-state index in [1.54, 1.807) is 12.1 Å². The van der Waals surface area contributed by atoms with Crippen LogP contribution in [0.15, 0.2) is 36.4 Å². The predicted molar refractivity (Wildman–Crippen MR) is 72.1 cm³/mol. The molecule has 4 nitrogen and oxygen atoms in total. The summed E-state index contributed by atoms with van der Waals surface area (Å²) in [5.41, 5.74) is 0.681. The molecule has 1 aromatic carbocycles. The van der Waals surface area contributed by atoms with Crippen LogP contribution in [0.5, 0.6) is 0 Å². The molecule has 1 aliphatic heterocycles. The van der Waals surface area contributed by atoms with E-state index in [2.05, 4.69) is 5.32 Å². The first kappa shape index (κ1) is 12.8. The molecule has 0 saturated carbocycles. The molecule has 1 N–H and O–H groups in total. The summed E-state index contributed by atoms with van der Waals surface area (Å²) < 4.78 is 12.8. The van der Waals surface area contributed by atoms with Gasteiger partial charge in [0.1, 0.15) is 5.82 Å². The van der Waals surface area contributed by atoms with Crippen LogP contribution in [-0.4, -0.2) is 23.4 Å². The van der Waals surface area contributed by atoms with Gasteiger partial charge < -0.3 is 5.32 Å². The largest absolute Gasteiger partial charge is 0.367 e. The number of hydrogen-bond donors (Lipinski definition) is 1. The number of anilines is 1. The Morgan fingerprint density at radius 1 is 1.05 bits per heavy atom. The summed E-state index contributed by atoms with van der Waals surface area (Å²) in [6.07, 6.45) is 5.21. The highest BCUT2D eigenvalue weighted by molar-refractivity contribution is 6.05. The number of amides is 2. The fourth-order valence-corrected chi connectivity index (χ4v) is 2.76. The van der Waals surface area contributed by atoms with Crippen LogP contribution in [0.4, 0.5) is 10.1 Å².